The molecule has 0 radical (unpaired) electrons. The summed E-state index contributed by atoms with van der Waals surface area (Å²) in [6, 6.07) is 0. The van der Waals surface area contributed by atoms with Gasteiger partial charge in [0.1, 0.15) is 5.60 Å². The van der Waals surface area contributed by atoms with E-state index in [1.165, 1.54) is 6.92 Å². The lowest BCUT2D eigenvalue weighted by molar-refractivity contribution is -0.130. The summed E-state index contributed by atoms with van der Waals surface area (Å²) >= 11 is 0. The van der Waals surface area contributed by atoms with Crippen molar-refractivity contribution >= 4 is 11.6 Å². The molecule has 3 rings (SSSR count). The van der Waals surface area contributed by atoms with Crippen molar-refractivity contribution in [3.63, 3.8) is 0 Å². The third-order valence-corrected chi connectivity index (χ3v) is 5.66. The molecule has 3 heteroatoms. The molecule has 2 unspecified atom stereocenters. The van der Waals surface area contributed by atoms with Crippen molar-refractivity contribution in [2.24, 2.45) is 17.8 Å². The third kappa shape index (κ3) is 2.29. The zero-order valence-electron chi connectivity index (χ0n) is 14.1. The number of hydrogen-bond acceptors (Lipinski definition) is 3. The molecule has 3 aliphatic rings. The smallest absolute Gasteiger partial charge is 0.191 e. The van der Waals surface area contributed by atoms with Crippen LogP contribution in [0.5, 0.6) is 0 Å². The van der Waals surface area contributed by atoms with E-state index in [1.807, 2.05) is 13.0 Å². The number of carbonyl (C=O) groups is 2. The quantitative estimate of drug-likeness (QED) is 0.756. The van der Waals surface area contributed by atoms with Gasteiger partial charge in [0.25, 0.3) is 0 Å². The molecular formula is C20H24O3. The summed E-state index contributed by atoms with van der Waals surface area (Å²) in [5.41, 5.74) is 2.25. The van der Waals surface area contributed by atoms with E-state index in [4.69, 9.17) is 0 Å². The van der Waals surface area contributed by atoms with Gasteiger partial charge < -0.3 is 5.11 Å². The zero-order valence-corrected chi connectivity index (χ0v) is 14.1. The fourth-order valence-corrected chi connectivity index (χ4v) is 4.46. The molecule has 1 saturated carbocycles. The van der Waals surface area contributed by atoms with Crippen LogP contribution in [-0.4, -0.2) is 22.3 Å². The van der Waals surface area contributed by atoms with Crippen molar-refractivity contribution in [3.05, 3.63) is 47.1 Å². The van der Waals surface area contributed by atoms with Crippen LogP contribution in [-0.2, 0) is 9.59 Å². The minimum atomic E-state index is -1.47. The summed E-state index contributed by atoms with van der Waals surface area (Å²) in [6.07, 6.45) is 3.89. The minimum Gasteiger partial charge on any atom is -0.382 e. The van der Waals surface area contributed by atoms with E-state index < -0.39 is 5.60 Å². The molecule has 0 bridgehead atoms. The average molecular weight is 312 g/mol. The second kappa shape index (κ2) is 5.13. The highest BCUT2D eigenvalue weighted by Gasteiger charge is 2.51. The third-order valence-electron chi connectivity index (χ3n) is 5.66. The Morgan fingerprint density at radius 1 is 1.39 bits per heavy atom. The van der Waals surface area contributed by atoms with E-state index in [0.717, 1.165) is 24.0 Å². The van der Waals surface area contributed by atoms with Crippen molar-refractivity contribution in [1.82, 2.24) is 0 Å². The van der Waals surface area contributed by atoms with Gasteiger partial charge in [-0.25, -0.2) is 0 Å². The standard InChI is InChI=1S/C20H24O3/c1-10(2)13-7-6-11(3)16-14(13)8-12(4)18(21)15-9-20(5,23)19(22)17(15)16/h8,13-14,16,23H,1,3,6-7,9H2,2,4-5H3/t13?,14-,16?,20-/m0/s1. The van der Waals surface area contributed by atoms with E-state index in [-0.39, 0.29) is 35.7 Å². The number of ketones is 2. The van der Waals surface area contributed by atoms with Gasteiger partial charge in [-0.15, -0.1) is 0 Å². The molecule has 122 valence electrons. The Balaban J connectivity index is 2.21. The second-order valence-electron chi connectivity index (χ2n) is 7.56. The Kier molecular flexibility index (Phi) is 3.60. The highest BCUT2D eigenvalue weighted by Crippen LogP contribution is 2.51. The minimum absolute atomic E-state index is 0.0306. The Hall–Kier alpha value is -1.74. The largest absolute Gasteiger partial charge is 0.382 e. The number of fused-ring (bicyclic) bond motifs is 2. The molecular weight excluding hydrogens is 288 g/mol. The van der Waals surface area contributed by atoms with Crippen molar-refractivity contribution < 1.29 is 14.7 Å². The summed E-state index contributed by atoms with van der Waals surface area (Å²) in [7, 11) is 0. The van der Waals surface area contributed by atoms with E-state index in [2.05, 4.69) is 13.2 Å². The Bertz CT molecular complexity index is 702. The molecule has 3 aliphatic carbocycles. The lowest BCUT2D eigenvalue weighted by Crippen LogP contribution is -2.37. The summed E-state index contributed by atoms with van der Waals surface area (Å²) in [4.78, 5) is 25.5. The van der Waals surface area contributed by atoms with Gasteiger partial charge in [0.2, 0.25) is 0 Å². The molecule has 0 spiro atoms. The molecule has 0 saturated heterocycles. The number of carbonyl (C=O) groups excluding carboxylic acids is 2. The Labute approximate surface area is 137 Å². The first-order valence-corrected chi connectivity index (χ1v) is 8.21. The van der Waals surface area contributed by atoms with Gasteiger partial charge in [-0.05, 0) is 51.0 Å². The molecule has 0 aromatic carbocycles. The maximum Gasteiger partial charge on any atom is 0.191 e. The molecule has 0 aromatic heterocycles. The normalized spacial score (nSPS) is 37.3. The molecule has 1 N–H and O–H groups in total. The first-order chi connectivity index (χ1) is 10.6. The number of rotatable bonds is 1. The molecule has 0 heterocycles. The van der Waals surface area contributed by atoms with Crippen LogP contribution in [0.25, 0.3) is 0 Å². The first kappa shape index (κ1) is 16.1. The molecule has 0 amide bonds. The van der Waals surface area contributed by atoms with Crippen LogP contribution >= 0.6 is 0 Å². The van der Waals surface area contributed by atoms with Gasteiger partial charge in [-0.3, -0.25) is 9.59 Å². The fraction of sp³-hybridized carbons (Fsp3) is 0.500. The highest BCUT2D eigenvalue weighted by atomic mass is 16.3. The van der Waals surface area contributed by atoms with Crippen LogP contribution in [0.4, 0.5) is 0 Å². The Morgan fingerprint density at radius 2 is 2.04 bits per heavy atom. The van der Waals surface area contributed by atoms with E-state index in [9.17, 15) is 14.7 Å². The Morgan fingerprint density at radius 3 is 2.65 bits per heavy atom. The van der Waals surface area contributed by atoms with Crippen LogP contribution in [0.15, 0.2) is 47.1 Å². The maximum atomic E-state index is 12.8. The van der Waals surface area contributed by atoms with Gasteiger partial charge in [0, 0.05) is 23.5 Å². The van der Waals surface area contributed by atoms with Crippen molar-refractivity contribution in [3.8, 4) is 0 Å². The van der Waals surface area contributed by atoms with Gasteiger partial charge in [-0.1, -0.05) is 30.4 Å². The van der Waals surface area contributed by atoms with Gasteiger partial charge in [0.05, 0.1) is 0 Å². The second-order valence-corrected chi connectivity index (χ2v) is 7.56. The summed E-state index contributed by atoms with van der Waals surface area (Å²) in [5.74, 6) is -0.318. The molecule has 1 fully saturated rings. The monoisotopic (exact) mass is 312 g/mol. The van der Waals surface area contributed by atoms with Crippen LogP contribution in [0.2, 0.25) is 0 Å². The molecule has 0 aliphatic heterocycles. The molecule has 3 nitrogen and oxygen atoms in total. The van der Waals surface area contributed by atoms with Crippen LogP contribution in [0.1, 0.15) is 40.0 Å². The maximum absolute atomic E-state index is 12.8. The van der Waals surface area contributed by atoms with Gasteiger partial charge >= 0.3 is 0 Å². The fourth-order valence-electron chi connectivity index (χ4n) is 4.46. The number of Topliss-reactive ketones (excluding diaryl/α,β-unsaturated/α-hetero) is 2. The average Bonchev–Trinajstić information content (AvgIpc) is 2.62. The molecule has 23 heavy (non-hydrogen) atoms. The van der Waals surface area contributed by atoms with E-state index >= 15 is 0 Å². The van der Waals surface area contributed by atoms with E-state index in [1.54, 1.807) is 6.92 Å². The van der Waals surface area contributed by atoms with Gasteiger partial charge in [0.15, 0.2) is 11.6 Å². The topological polar surface area (TPSA) is 54.4 Å². The van der Waals surface area contributed by atoms with Crippen molar-refractivity contribution in [2.45, 2.75) is 45.6 Å². The predicted molar refractivity (Wildman–Crippen MR) is 89.7 cm³/mol. The van der Waals surface area contributed by atoms with Crippen LogP contribution < -0.4 is 0 Å². The number of hydrogen-bond donors (Lipinski definition) is 1. The van der Waals surface area contributed by atoms with Crippen molar-refractivity contribution in [2.75, 3.05) is 0 Å². The summed E-state index contributed by atoms with van der Waals surface area (Å²) < 4.78 is 0. The van der Waals surface area contributed by atoms with Crippen LogP contribution in [0.3, 0.4) is 0 Å². The molecule has 4 atom stereocenters. The first-order valence-electron chi connectivity index (χ1n) is 8.21. The predicted octanol–water partition coefficient (Wildman–Crippen LogP) is 3.31. The lowest BCUT2D eigenvalue weighted by atomic mass is 9.64. The SMILES string of the molecule is C=C(C)C1CCC(=C)C2C3=C(C[C@](C)(O)C3=O)C(=O)C(C)=C[C@@H]12. The summed E-state index contributed by atoms with van der Waals surface area (Å²) in [6.45, 7) is 13.6. The number of aliphatic hydroxyl groups is 1. The van der Waals surface area contributed by atoms with E-state index in [0.29, 0.717) is 16.7 Å². The van der Waals surface area contributed by atoms with Crippen molar-refractivity contribution in [1.29, 1.82) is 0 Å². The lowest BCUT2D eigenvalue weighted by Gasteiger charge is -2.39. The summed E-state index contributed by atoms with van der Waals surface area (Å²) in [5, 5.41) is 10.4. The molecule has 0 aromatic rings. The highest BCUT2D eigenvalue weighted by molar-refractivity contribution is 6.19. The number of allylic oxidation sites excluding steroid dienone is 4. The zero-order chi connectivity index (χ0) is 17.1. The van der Waals surface area contributed by atoms with Gasteiger partial charge in [-0.2, -0.15) is 0 Å². The van der Waals surface area contributed by atoms with Crippen LogP contribution in [0, 0.1) is 17.8 Å².